The fourth-order valence-corrected chi connectivity index (χ4v) is 6.99. The van der Waals surface area contributed by atoms with Crippen molar-refractivity contribution in [2.45, 2.75) is 38.1 Å². The number of benzene rings is 1. The van der Waals surface area contributed by atoms with Gasteiger partial charge < -0.3 is 9.64 Å². The molecule has 1 fully saturated rings. The number of sulfone groups is 1. The van der Waals surface area contributed by atoms with E-state index in [1.54, 1.807) is 6.92 Å². The first-order valence-electron chi connectivity index (χ1n) is 9.93. The lowest BCUT2D eigenvalue weighted by molar-refractivity contribution is -0.136. The molecule has 32 heavy (non-hydrogen) atoms. The van der Waals surface area contributed by atoms with Gasteiger partial charge in [0.25, 0.3) is 5.91 Å². The van der Waals surface area contributed by atoms with Gasteiger partial charge in [-0.1, -0.05) is 37.0 Å². The Kier molecular flexibility index (Phi) is 8.97. The van der Waals surface area contributed by atoms with Crippen molar-refractivity contribution >= 4 is 54.9 Å². The topological polar surface area (TPSA) is 127 Å². The smallest absolute Gasteiger partial charge is 0.340 e. The Bertz CT molecular complexity index is 1090. The van der Waals surface area contributed by atoms with Crippen LogP contribution in [0.25, 0.3) is 0 Å². The summed E-state index contributed by atoms with van der Waals surface area (Å²) in [5.74, 6) is -1.64. The number of likely N-dealkylation sites (N-methyl/N-ethyl adjacent to an activating group) is 1. The number of hydrogen-bond acceptors (Lipinski definition) is 7. The molecule has 1 amide bonds. The summed E-state index contributed by atoms with van der Waals surface area (Å²) in [6.07, 6.45) is 0.323. The van der Waals surface area contributed by atoms with Crippen molar-refractivity contribution in [1.82, 2.24) is 9.62 Å². The van der Waals surface area contributed by atoms with Crippen LogP contribution in [-0.2, 0) is 29.4 Å². The van der Waals surface area contributed by atoms with Crippen LogP contribution in [0.2, 0.25) is 10.0 Å². The zero-order valence-electron chi connectivity index (χ0n) is 17.9. The van der Waals surface area contributed by atoms with E-state index in [4.69, 9.17) is 27.9 Å². The third-order valence-corrected chi connectivity index (χ3v) is 8.80. The van der Waals surface area contributed by atoms with E-state index in [0.29, 0.717) is 6.42 Å². The van der Waals surface area contributed by atoms with E-state index >= 15 is 0 Å². The van der Waals surface area contributed by atoms with Crippen LogP contribution in [0.3, 0.4) is 0 Å². The van der Waals surface area contributed by atoms with Crippen LogP contribution in [0.15, 0.2) is 17.0 Å². The third-order valence-electron chi connectivity index (χ3n) is 4.85. The average molecular weight is 529 g/mol. The zero-order valence-corrected chi connectivity index (χ0v) is 21.1. The second kappa shape index (κ2) is 10.7. The molecule has 13 heteroatoms. The summed E-state index contributed by atoms with van der Waals surface area (Å²) in [5.41, 5.74) is -0.264. The van der Waals surface area contributed by atoms with E-state index in [0.717, 1.165) is 12.1 Å². The van der Waals surface area contributed by atoms with Crippen LogP contribution in [-0.4, -0.2) is 70.9 Å². The summed E-state index contributed by atoms with van der Waals surface area (Å²) in [5, 5.41) is -0.303. The number of nitrogens with zero attached hydrogens (tertiary/aromatic N) is 1. The largest absolute Gasteiger partial charge is 0.452 e. The van der Waals surface area contributed by atoms with Crippen molar-refractivity contribution in [3.8, 4) is 0 Å². The van der Waals surface area contributed by atoms with Gasteiger partial charge in [0.2, 0.25) is 10.0 Å². The van der Waals surface area contributed by atoms with Gasteiger partial charge in [0.1, 0.15) is 4.90 Å². The molecule has 1 unspecified atom stereocenters. The molecule has 0 radical (unpaired) electrons. The zero-order chi connectivity index (χ0) is 24.3. The van der Waals surface area contributed by atoms with Gasteiger partial charge in [0, 0.05) is 19.1 Å². The number of amides is 1. The number of carbonyl (C=O) groups is 2. The Hall–Kier alpha value is -1.40. The maximum atomic E-state index is 12.5. The highest BCUT2D eigenvalue weighted by molar-refractivity contribution is 7.91. The quantitative estimate of drug-likeness (QED) is 0.486. The maximum absolute atomic E-state index is 12.5. The highest BCUT2D eigenvalue weighted by Gasteiger charge is 2.34. The van der Waals surface area contributed by atoms with Crippen molar-refractivity contribution in [2.24, 2.45) is 5.92 Å². The molecule has 0 bridgehead atoms. The third kappa shape index (κ3) is 6.80. The monoisotopic (exact) mass is 528 g/mol. The predicted molar refractivity (Wildman–Crippen MR) is 121 cm³/mol. The van der Waals surface area contributed by atoms with Crippen LogP contribution in [0, 0.1) is 5.92 Å². The summed E-state index contributed by atoms with van der Waals surface area (Å²) in [4.78, 5) is 26.1. The second-order valence-corrected chi connectivity index (χ2v) is 12.6. The van der Waals surface area contributed by atoms with Crippen LogP contribution in [0.4, 0.5) is 0 Å². The Morgan fingerprint density at radius 1 is 1.25 bits per heavy atom. The van der Waals surface area contributed by atoms with Crippen LogP contribution >= 0.6 is 23.2 Å². The highest BCUT2D eigenvalue weighted by Crippen LogP contribution is 2.29. The van der Waals surface area contributed by atoms with Gasteiger partial charge in [0.05, 0.1) is 27.1 Å². The summed E-state index contributed by atoms with van der Waals surface area (Å²) in [7, 11) is -7.20. The first kappa shape index (κ1) is 26.8. The number of ether oxygens (including phenoxy) is 1. The number of nitrogens with one attached hydrogen (secondary N) is 1. The molecule has 0 aromatic heterocycles. The Balaban J connectivity index is 2.15. The lowest BCUT2D eigenvalue weighted by Gasteiger charge is -2.26. The van der Waals surface area contributed by atoms with Gasteiger partial charge in [-0.3, -0.25) is 4.79 Å². The molecule has 180 valence electrons. The molecule has 1 aromatic carbocycles. The van der Waals surface area contributed by atoms with Crippen molar-refractivity contribution in [2.75, 3.05) is 31.2 Å². The Morgan fingerprint density at radius 3 is 2.44 bits per heavy atom. The maximum Gasteiger partial charge on any atom is 0.340 e. The van der Waals surface area contributed by atoms with Gasteiger partial charge in [-0.2, -0.15) is 0 Å². The van der Waals surface area contributed by atoms with E-state index in [-0.39, 0.29) is 51.0 Å². The van der Waals surface area contributed by atoms with E-state index < -0.39 is 44.4 Å². The van der Waals surface area contributed by atoms with E-state index in [2.05, 4.69) is 4.72 Å². The second-order valence-electron chi connectivity index (χ2n) is 7.82. The number of carbonyl (C=O) groups excluding carboxylic acids is 2. The van der Waals surface area contributed by atoms with Crippen molar-refractivity contribution in [3.05, 3.63) is 27.7 Å². The van der Waals surface area contributed by atoms with Gasteiger partial charge in [-0.25, -0.2) is 26.4 Å². The highest BCUT2D eigenvalue weighted by atomic mass is 35.5. The molecule has 1 aliphatic heterocycles. The predicted octanol–water partition coefficient (Wildman–Crippen LogP) is 2.12. The van der Waals surface area contributed by atoms with Crippen LogP contribution < -0.4 is 4.72 Å². The number of esters is 1. The molecule has 1 aliphatic rings. The Labute approximate surface area is 198 Å². The van der Waals surface area contributed by atoms with Gasteiger partial charge in [0.15, 0.2) is 16.4 Å². The van der Waals surface area contributed by atoms with E-state index in [1.165, 1.54) is 4.90 Å². The SMILES string of the molecule is CCN(C(=O)COC(=O)c1cc(S(=O)(=O)NCC(C)C)c(Cl)cc1Cl)C1CCS(=O)(=O)C1. The number of hydrogen-bond donors (Lipinski definition) is 1. The molecule has 0 aliphatic carbocycles. The molecule has 1 heterocycles. The number of sulfonamides is 1. The lowest BCUT2D eigenvalue weighted by Crippen LogP contribution is -2.43. The van der Waals surface area contributed by atoms with Crippen molar-refractivity contribution in [1.29, 1.82) is 0 Å². The van der Waals surface area contributed by atoms with Crippen molar-refractivity contribution in [3.63, 3.8) is 0 Å². The molecule has 0 saturated carbocycles. The summed E-state index contributed by atoms with van der Waals surface area (Å²) in [6.45, 7) is 5.12. The van der Waals surface area contributed by atoms with Crippen molar-refractivity contribution < 1.29 is 31.2 Å². The molecule has 0 spiro atoms. The van der Waals surface area contributed by atoms with Gasteiger partial charge in [-0.15, -0.1) is 0 Å². The van der Waals surface area contributed by atoms with Crippen LogP contribution in [0.1, 0.15) is 37.6 Å². The first-order valence-corrected chi connectivity index (χ1v) is 14.0. The lowest BCUT2D eigenvalue weighted by atomic mass is 10.2. The average Bonchev–Trinajstić information content (AvgIpc) is 3.04. The summed E-state index contributed by atoms with van der Waals surface area (Å²) in [6, 6.07) is 1.65. The standard InChI is InChI=1S/C19H26Cl2N2O7S2/c1-4-23(13-5-6-31(26,27)11-13)18(24)10-30-19(25)14-7-17(16(21)8-15(14)20)32(28,29)22-9-12(2)3/h7-8,12-13,22H,4-6,9-11H2,1-3H3. The minimum absolute atomic E-state index is 0.00368. The first-order chi connectivity index (χ1) is 14.8. The molecule has 1 saturated heterocycles. The van der Waals surface area contributed by atoms with Gasteiger partial charge in [-0.05, 0) is 31.4 Å². The fourth-order valence-electron chi connectivity index (χ4n) is 3.19. The summed E-state index contributed by atoms with van der Waals surface area (Å²) >= 11 is 12.1. The normalized spacial score (nSPS) is 18.0. The minimum atomic E-state index is -4.01. The van der Waals surface area contributed by atoms with Gasteiger partial charge >= 0.3 is 5.97 Å². The van der Waals surface area contributed by atoms with E-state index in [1.807, 2.05) is 13.8 Å². The number of halogens is 2. The van der Waals surface area contributed by atoms with E-state index in [9.17, 15) is 26.4 Å². The molecule has 1 N–H and O–H groups in total. The molecule has 1 aromatic rings. The fraction of sp³-hybridized carbons (Fsp3) is 0.579. The number of rotatable bonds is 9. The molecular weight excluding hydrogens is 503 g/mol. The minimum Gasteiger partial charge on any atom is -0.452 e. The molecular formula is C19H26Cl2N2O7S2. The molecule has 2 rings (SSSR count). The van der Waals surface area contributed by atoms with Crippen LogP contribution in [0.5, 0.6) is 0 Å². The Morgan fingerprint density at radius 2 is 1.91 bits per heavy atom. The molecule has 1 atom stereocenters. The summed E-state index contributed by atoms with van der Waals surface area (Å²) < 4.78 is 55.9. The molecule has 9 nitrogen and oxygen atoms in total.